The standard InChI is InChI=1S/C7H5IO2S/c8-7(9)10-11-6-4-2-1-3-5-6/h1-5H. The van der Waals surface area contributed by atoms with Crippen LogP contribution in [0.1, 0.15) is 0 Å². The molecule has 1 aromatic carbocycles. The largest absolute Gasteiger partial charge is 0.379 e. The van der Waals surface area contributed by atoms with Gasteiger partial charge in [-0.1, -0.05) is 18.2 Å². The molecule has 0 aliphatic carbocycles. The molecule has 1 aromatic rings. The number of carbonyl (C=O) groups excluding carboxylic acids is 1. The lowest BCUT2D eigenvalue weighted by molar-refractivity contribution is 0.237. The van der Waals surface area contributed by atoms with E-state index < -0.39 is 0 Å². The third-order valence-corrected chi connectivity index (χ3v) is 2.16. The number of rotatable bonds is 2. The van der Waals surface area contributed by atoms with Crippen LogP contribution < -0.4 is 0 Å². The Morgan fingerprint density at radius 3 is 2.55 bits per heavy atom. The molecule has 4 heteroatoms. The summed E-state index contributed by atoms with van der Waals surface area (Å²) in [4.78, 5) is 11.3. The third kappa shape index (κ3) is 3.62. The van der Waals surface area contributed by atoms with Crippen molar-refractivity contribution in [3.05, 3.63) is 30.3 Å². The Hall–Kier alpha value is -0.230. The van der Waals surface area contributed by atoms with Crippen LogP contribution in [-0.2, 0) is 4.18 Å². The maximum absolute atomic E-state index is 10.4. The van der Waals surface area contributed by atoms with Crippen LogP contribution in [0.4, 0.5) is 4.79 Å². The Morgan fingerprint density at radius 1 is 1.36 bits per heavy atom. The molecule has 0 atom stereocenters. The van der Waals surface area contributed by atoms with Crippen LogP contribution >= 0.6 is 34.6 Å². The normalized spacial score (nSPS) is 9.18. The molecule has 0 bridgehead atoms. The van der Waals surface area contributed by atoms with E-state index >= 15 is 0 Å². The van der Waals surface area contributed by atoms with Gasteiger partial charge in [0.1, 0.15) is 0 Å². The molecule has 2 nitrogen and oxygen atoms in total. The highest BCUT2D eigenvalue weighted by molar-refractivity contribution is 14.1. The third-order valence-electron chi connectivity index (χ3n) is 0.947. The first kappa shape index (κ1) is 8.86. The van der Waals surface area contributed by atoms with Gasteiger partial charge in [-0.2, -0.15) is 0 Å². The second kappa shape index (κ2) is 4.61. The van der Waals surface area contributed by atoms with Gasteiger partial charge < -0.3 is 4.18 Å². The molecule has 0 spiro atoms. The Labute approximate surface area is 82.7 Å². The highest BCUT2D eigenvalue weighted by Gasteiger charge is 1.96. The number of halogens is 1. The number of carbonyl (C=O) groups is 1. The Morgan fingerprint density at radius 2 is 2.00 bits per heavy atom. The van der Waals surface area contributed by atoms with Crippen molar-refractivity contribution in [1.82, 2.24) is 0 Å². The summed E-state index contributed by atoms with van der Waals surface area (Å²) in [5.74, 6) is 0. The smallest absolute Gasteiger partial charge is 0.378 e. The van der Waals surface area contributed by atoms with Crippen molar-refractivity contribution in [3.63, 3.8) is 0 Å². The number of hydrogen-bond donors (Lipinski definition) is 0. The van der Waals surface area contributed by atoms with E-state index in [9.17, 15) is 4.79 Å². The fourth-order valence-corrected chi connectivity index (χ4v) is 1.26. The van der Waals surface area contributed by atoms with E-state index in [1.165, 1.54) is 0 Å². The van der Waals surface area contributed by atoms with Crippen LogP contribution in [0, 0.1) is 0 Å². The minimum absolute atomic E-state index is 0.309. The topological polar surface area (TPSA) is 26.3 Å². The Kier molecular flexibility index (Phi) is 3.71. The molecule has 1 rings (SSSR count). The summed E-state index contributed by atoms with van der Waals surface area (Å²) >= 11 is 2.66. The average Bonchev–Trinajstić information content (AvgIpc) is 2.03. The second-order valence-electron chi connectivity index (χ2n) is 1.72. The predicted molar refractivity (Wildman–Crippen MR) is 52.8 cm³/mol. The van der Waals surface area contributed by atoms with Crippen LogP contribution in [0.5, 0.6) is 0 Å². The molecule has 0 fully saturated rings. The molecule has 0 radical (unpaired) electrons. The van der Waals surface area contributed by atoms with Gasteiger partial charge in [-0.05, 0) is 12.1 Å². The van der Waals surface area contributed by atoms with Gasteiger partial charge in [0.25, 0.3) is 0 Å². The van der Waals surface area contributed by atoms with Gasteiger partial charge >= 0.3 is 3.98 Å². The van der Waals surface area contributed by atoms with Gasteiger partial charge in [-0.3, -0.25) is 0 Å². The zero-order valence-electron chi connectivity index (χ0n) is 5.49. The number of benzene rings is 1. The van der Waals surface area contributed by atoms with Crippen LogP contribution in [0.25, 0.3) is 0 Å². The van der Waals surface area contributed by atoms with Gasteiger partial charge in [-0.25, -0.2) is 4.79 Å². The van der Waals surface area contributed by atoms with E-state index in [2.05, 4.69) is 0 Å². The summed E-state index contributed by atoms with van der Waals surface area (Å²) < 4.78 is 4.38. The van der Waals surface area contributed by atoms with Crippen molar-refractivity contribution < 1.29 is 8.98 Å². The molecule has 0 aliphatic heterocycles. The first-order chi connectivity index (χ1) is 5.29. The molecular formula is C7H5IO2S. The van der Waals surface area contributed by atoms with Gasteiger partial charge in [-0.15, -0.1) is 0 Å². The van der Waals surface area contributed by atoms with Crippen LogP contribution in [0.3, 0.4) is 0 Å². The Balaban J connectivity index is 2.45. The van der Waals surface area contributed by atoms with Crippen molar-refractivity contribution in [2.24, 2.45) is 0 Å². The van der Waals surface area contributed by atoms with Crippen molar-refractivity contribution in [3.8, 4) is 0 Å². The summed E-state index contributed by atoms with van der Waals surface area (Å²) in [6.07, 6.45) is 0. The first-order valence-electron chi connectivity index (χ1n) is 2.88. The van der Waals surface area contributed by atoms with Crippen molar-refractivity contribution in [1.29, 1.82) is 0 Å². The molecule has 0 N–H and O–H groups in total. The molecule has 11 heavy (non-hydrogen) atoms. The lowest BCUT2D eigenvalue weighted by Gasteiger charge is -1.96. The SMILES string of the molecule is O=C(I)OSc1ccccc1. The lowest BCUT2D eigenvalue weighted by Crippen LogP contribution is -1.80. The highest BCUT2D eigenvalue weighted by atomic mass is 127. The van der Waals surface area contributed by atoms with Crippen molar-refractivity contribution >= 4 is 38.6 Å². The van der Waals surface area contributed by atoms with Crippen molar-refractivity contribution in [2.75, 3.05) is 0 Å². The highest BCUT2D eigenvalue weighted by Crippen LogP contribution is 2.19. The quantitative estimate of drug-likeness (QED) is 0.472. The summed E-state index contributed by atoms with van der Waals surface area (Å²) in [7, 11) is 0. The summed E-state index contributed by atoms with van der Waals surface area (Å²) in [6, 6.07) is 9.46. The van der Waals surface area contributed by atoms with E-state index in [1.54, 1.807) is 22.6 Å². The first-order valence-corrected chi connectivity index (χ1v) is 4.70. The van der Waals surface area contributed by atoms with Crippen LogP contribution in [-0.4, -0.2) is 3.98 Å². The molecule has 58 valence electrons. The number of hydrogen-bond acceptors (Lipinski definition) is 3. The second-order valence-corrected chi connectivity index (χ2v) is 3.40. The summed E-state index contributed by atoms with van der Waals surface area (Å²) in [5, 5.41) is 0. The van der Waals surface area contributed by atoms with E-state index in [4.69, 9.17) is 4.18 Å². The molecular weight excluding hydrogens is 275 g/mol. The molecule has 0 aromatic heterocycles. The van der Waals surface area contributed by atoms with E-state index in [0.717, 1.165) is 16.9 Å². The molecule has 0 aliphatic rings. The fraction of sp³-hybridized carbons (Fsp3) is 0. The van der Waals surface area contributed by atoms with Crippen LogP contribution in [0.2, 0.25) is 0 Å². The predicted octanol–water partition coefficient (Wildman–Crippen LogP) is 3.27. The van der Waals surface area contributed by atoms with Crippen LogP contribution in [0.15, 0.2) is 35.2 Å². The molecule has 0 saturated heterocycles. The Bertz CT molecular complexity index is 237. The van der Waals surface area contributed by atoms with E-state index in [0.29, 0.717) is 0 Å². The fourth-order valence-electron chi connectivity index (χ4n) is 0.557. The maximum atomic E-state index is 10.4. The van der Waals surface area contributed by atoms with Gasteiger partial charge in [0, 0.05) is 4.90 Å². The van der Waals surface area contributed by atoms with E-state index in [1.807, 2.05) is 30.3 Å². The summed E-state index contributed by atoms with van der Waals surface area (Å²) in [5.41, 5.74) is 0. The lowest BCUT2D eigenvalue weighted by atomic mass is 10.4. The van der Waals surface area contributed by atoms with E-state index in [-0.39, 0.29) is 3.98 Å². The van der Waals surface area contributed by atoms with Gasteiger partial charge in [0.2, 0.25) is 0 Å². The zero-order chi connectivity index (χ0) is 8.10. The molecule has 0 heterocycles. The minimum atomic E-state index is -0.309. The van der Waals surface area contributed by atoms with Crippen molar-refractivity contribution in [2.45, 2.75) is 4.90 Å². The van der Waals surface area contributed by atoms with Gasteiger partial charge in [0.15, 0.2) is 0 Å². The minimum Gasteiger partial charge on any atom is -0.378 e. The molecule has 0 amide bonds. The average molecular weight is 280 g/mol. The molecule has 0 saturated carbocycles. The summed E-state index contributed by atoms with van der Waals surface area (Å²) in [6.45, 7) is 0. The maximum Gasteiger partial charge on any atom is 0.379 e. The molecule has 0 unspecified atom stereocenters. The van der Waals surface area contributed by atoms with Gasteiger partial charge in [0.05, 0.1) is 34.6 Å². The monoisotopic (exact) mass is 280 g/mol. The zero-order valence-corrected chi connectivity index (χ0v) is 8.46.